The van der Waals surface area contributed by atoms with E-state index < -0.39 is 0 Å². The molecule has 7 heteroatoms. The van der Waals surface area contributed by atoms with Crippen molar-refractivity contribution in [3.05, 3.63) is 107 Å². The van der Waals surface area contributed by atoms with Gasteiger partial charge in [-0.15, -0.1) is 0 Å². The molecule has 1 aromatic carbocycles. The number of halogens is 1. The number of benzene rings is 1. The lowest BCUT2D eigenvalue weighted by Crippen LogP contribution is -2.29. The number of aryl methyl sites for hydroxylation is 2. The molecule has 1 fully saturated rings. The van der Waals surface area contributed by atoms with Crippen LogP contribution in [0.2, 0.25) is 0 Å². The van der Waals surface area contributed by atoms with E-state index in [4.69, 9.17) is 12.2 Å². The minimum atomic E-state index is -0.279. The smallest absolute Gasteiger partial charge is 0.174 e. The maximum Gasteiger partial charge on any atom is 0.174 e. The van der Waals surface area contributed by atoms with Gasteiger partial charge in [0.15, 0.2) is 5.11 Å². The van der Waals surface area contributed by atoms with Crippen LogP contribution < -0.4 is 10.2 Å². The molecule has 3 aromatic heterocycles. The molecular weight excluding hydrogens is 433 g/mol. The summed E-state index contributed by atoms with van der Waals surface area (Å²) >= 11 is 5.78. The van der Waals surface area contributed by atoms with Crippen molar-refractivity contribution in [1.82, 2.24) is 19.9 Å². The number of rotatable bonds is 4. The third-order valence-electron chi connectivity index (χ3n) is 6.19. The molecule has 1 N–H and O–H groups in total. The van der Waals surface area contributed by atoms with Crippen LogP contribution in [-0.4, -0.2) is 19.6 Å². The number of hydrogen-bond acceptors (Lipinski definition) is 3. The molecule has 4 heterocycles. The van der Waals surface area contributed by atoms with E-state index >= 15 is 0 Å². The summed E-state index contributed by atoms with van der Waals surface area (Å²) in [6.45, 7) is 6.26. The number of nitrogens with zero attached hydrogens (tertiary/aromatic N) is 4. The molecule has 0 saturated carbocycles. The van der Waals surface area contributed by atoms with Crippen molar-refractivity contribution in [2.75, 3.05) is 4.90 Å². The fourth-order valence-corrected chi connectivity index (χ4v) is 5.02. The molecule has 2 atom stereocenters. The quantitative estimate of drug-likeness (QED) is 0.410. The van der Waals surface area contributed by atoms with Crippen LogP contribution in [-0.2, 0) is 0 Å². The molecule has 0 amide bonds. The van der Waals surface area contributed by atoms with Crippen LogP contribution in [0.4, 0.5) is 10.1 Å². The lowest BCUT2D eigenvalue weighted by Gasteiger charge is -2.28. The molecule has 0 aliphatic carbocycles. The number of anilines is 1. The average molecular weight is 458 g/mol. The molecule has 1 saturated heterocycles. The van der Waals surface area contributed by atoms with E-state index in [2.05, 4.69) is 57.7 Å². The molecular formula is C26H24FN5S. The van der Waals surface area contributed by atoms with Gasteiger partial charge in [0.2, 0.25) is 0 Å². The number of pyridine rings is 2. The van der Waals surface area contributed by atoms with Crippen LogP contribution in [0.15, 0.2) is 73.1 Å². The zero-order chi connectivity index (χ0) is 23.1. The van der Waals surface area contributed by atoms with Gasteiger partial charge in [0.05, 0.1) is 17.8 Å². The lowest BCUT2D eigenvalue weighted by molar-refractivity contribution is 0.565. The largest absolute Gasteiger partial charge is 0.351 e. The van der Waals surface area contributed by atoms with Gasteiger partial charge in [0.1, 0.15) is 11.6 Å². The Morgan fingerprint density at radius 1 is 0.939 bits per heavy atom. The van der Waals surface area contributed by atoms with Gasteiger partial charge < -0.3 is 14.8 Å². The van der Waals surface area contributed by atoms with Crippen LogP contribution in [0.25, 0.3) is 5.82 Å². The van der Waals surface area contributed by atoms with Crippen LogP contribution in [0.5, 0.6) is 0 Å². The van der Waals surface area contributed by atoms with E-state index in [-0.39, 0.29) is 17.9 Å². The summed E-state index contributed by atoms with van der Waals surface area (Å²) in [5.41, 5.74) is 6.11. The highest BCUT2D eigenvalue weighted by atomic mass is 32.1. The second kappa shape index (κ2) is 8.41. The second-order valence-electron chi connectivity index (χ2n) is 8.28. The summed E-state index contributed by atoms with van der Waals surface area (Å²) in [5.74, 6) is 0.633. The zero-order valence-electron chi connectivity index (χ0n) is 18.7. The highest BCUT2D eigenvalue weighted by Crippen LogP contribution is 2.43. The second-order valence-corrected chi connectivity index (χ2v) is 8.67. The van der Waals surface area contributed by atoms with Crippen molar-refractivity contribution in [1.29, 1.82) is 0 Å². The Morgan fingerprint density at radius 2 is 1.70 bits per heavy atom. The molecule has 0 spiro atoms. The van der Waals surface area contributed by atoms with Crippen LogP contribution in [0.1, 0.15) is 40.3 Å². The molecule has 5 rings (SSSR count). The Hall–Kier alpha value is -3.58. The molecule has 0 radical (unpaired) electrons. The summed E-state index contributed by atoms with van der Waals surface area (Å²) in [6, 6.07) is 18.2. The van der Waals surface area contributed by atoms with E-state index in [1.165, 1.54) is 12.1 Å². The topological polar surface area (TPSA) is 46.0 Å². The van der Waals surface area contributed by atoms with Crippen LogP contribution >= 0.6 is 12.2 Å². The molecule has 1 aliphatic rings. The van der Waals surface area contributed by atoms with Gasteiger partial charge in [0.25, 0.3) is 0 Å². The van der Waals surface area contributed by atoms with E-state index in [0.29, 0.717) is 5.11 Å². The summed E-state index contributed by atoms with van der Waals surface area (Å²) < 4.78 is 15.9. The Balaban J connectivity index is 1.69. The number of hydrogen-bond donors (Lipinski definition) is 1. The van der Waals surface area contributed by atoms with Crippen molar-refractivity contribution in [3.63, 3.8) is 0 Å². The van der Waals surface area contributed by atoms with Crippen molar-refractivity contribution >= 4 is 23.0 Å². The molecule has 4 aromatic rings. The molecule has 1 aliphatic heterocycles. The van der Waals surface area contributed by atoms with Gasteiger partial charge in [-0.05, 0) is 92.6 Å². The van der Waals surface area contributed by atoms with E-state index in [1.54, 1.807) is 18.3 Å². The first-order valence-corrected chi connectivity index (χ1v) is 11.2. The zero-order valence-corrected chi connectivity index (χ0v) is 19.5. The standard InChI is InChI=1S/C26H24FN5S/c1-16-7-6-14-29-25(16)31-17(2)15-21(18(31)3)24-23(22-8-4-5-13-28-22)30-26(33)32(24)20-11-9-19(27)10-12-20/h4-15,23-24H,1-3H3,(H,30,33). The summed E-state index contributed by atoms with van der Waals surface area (Å²) in [4.78, 5) is 11.3. The highest BCUT2D eigenvalue weighted by molar-refractivity contribution is 7.80. The minimum Gasteiger partial charge on any atom is -0.351 e. The molecule has 33 heavy (non-hydrogen) atoms. The predicted molar refractivity (Wildman–Crippen MR) is 132 cm³/mol. The van der Waals surface area contributed by atoms with E-state index in [1.807, 2.05) is 30.5 Å². The fourth-order valence-electron chi connectivity index (χ4n) is 4.68. The van der Waals surface area contributed by atoms with Crippen molar-refractivity contribution in [2.45, 2.75) is 32.9 Å². The van der Waals surface area contributed by atoms with Crippen molar-refractivity contribution in [2.24, 2.45) is 0 Å². The van der Waals surface area contributed by atoms with Gasteiger partial charge in [-0.1, -0.05) is 12.1 Å². The minimum absolute atomic E-state index is 0.164. The lowest BCUT2D eigenvalue weighted by atomic mass is 9.96. The van der Waals surface area contributed by atoms with Crippen molar-refractivity contribution < 1.29 is 4.39 Å². The fraction of sp³-hybridized carbons (Fsp3) is 0.192. The first-order valence-electron chi connectivity index (χ1n) is 10.8. The third kappa shape index (κ3) is 3.68. The van der Waals surface area contributed by atoms with E-state index in [0.717, 1.165) is 39.7 Å². The molecule has 0 bridgehead atoms. The highest BCUT2D eigenvalue weighted by Gasteiger charge is 2.42. The van der Waals surface area contributed by atoms with E-state index in [9.17, 15) is 4.39 Å². The molecule has 166 valence electrons. The molecule has 5 nitrogen and oxygen atoms in total. The van der Waals surface area contributed by atoms with Gasteiger partial charge >= 0.3 is 0 Å². The normalized spacial score (nSPS) is 17.9. The molecule has 2 unspecified atom stereocenters. The van der Waals surface area contributed by atoms with Gasteiger partial charge in [-0.2, -0.15) is 0 Å². The Bertz CT molecular complexity index is 1320. The summed E-state index contributed by atoms with van der Waals surface area (Å²) in [6.07, 6.45) is 3.60. The monoisotopic (exact) mass is 457 g/mol. The van der Waals surface area contributed by atoms with Gasteiger partial charge in [0, 0.05) is 29.5 Å². The maximum atomic E-state index is 13.7. The predicted octanol–water partition coefficient (Wildman–Crippen LogP) is 5.51. The van der Waals surface area contributed by atoms with Crippen LogP contribution in [0, 0.1) is 26.6 Å². The van der Waals surface area contributed by atoms with Crippen molar-refractivity contribution in [3.8, 4) is 5.82 Å². The SMILES string of the molecule is Cc1cccnc1-n1c(C)cc(C2C(c3ccccn3)NC(=S)N2c2ccc(F)cc2)c1C. The Labute approximate surface area is 197 Å². The first kappa shape index (κ1) is 21.3. The summed E-state index contributed by atoms with van der Waals surface area (Å²) in [7, 11) is 0. The van der Waals surface area contributed by atoms with Gasteiger partial charge in [-0.3, -0.25) is 4.98 Å². The number of nitrogens with one attached hydrogen (secondary N) is 1. The maximum absolute atomic E-state index is 13.7. The summed E-state index contributed by atoms with van der Waals surface area (Å²) in [5, 5.41) is 4.05. The first-order chi connectivity index (χ1) is 16.0. The Morgan fingerprint density at radius 3 is 2.39 bits per heavy atom. The number of aromatic nitrogens is 3. The number of thiocarbonyl (C=S) groups is 1. The average Bonchev–Trinajstić information content (AvgIpc) is 3.31. The van der Waals surface area contributed by atoms with Crippen LogP contribution in [0.3, 0.4) is 0 Å². The van der Waals surface area contributed by atoms with Gasteiger partial charge in [-0.25, -0.2) is 9.37 Å². The third-order valence-corrected chi connectivity index (χ3v) is 6.50. The Kier molecular flexibility index (Phi) is 5.42.